The SMILES string of the molecule is CC.CCCc1ccc(-c2nc(-c3cccc(-c4n[nH]c(-c5ccc(CCC)cc5)n4)c3)n[nH]2)cc1. The smallest absolute Gasteiger partial charge is 0.181 e. The Kier molecular flexibility index (Phi) is 8.40. The molecule has 5 rings (SSSR count). The largest absolute Gasteiger partial charge is 0.259 e. The fourth-order valence-corrected chi connectivity index (χ4v) is 4.07. The first kappa shape index (κ1) is 25.0. The molecule has 2 aromatic heterocycles. The maximum atomic E-state index is 4.72. The van der Waals surface area contributed by atoms with Crippen LogP contribution in [-0.4, -0.2) is 30.4 Å². The summed E-state index contributed by atoms with van der Waals surface area (Å²) in [4.78, 5) is 9.44. The molecule has 0 saturated heterocycles. The van der Waals surface area contributed by atoms with Crippen molar-refractivity contribution >= 4 is 0 Å². The lowest BCUT2D eigenvalue weighted by molar-refractivity contribution is 0.922. The van der Waals surface area contributed by atoms with Crippen LogP contribution < -0.4 is 0 Å². The molecule has 0 bridgehead atoms. The van der Waals surface area contributed by atoms with Crippen LogP contribution in [-0.2, 0) is 12.8 Å². The van der Waals surface area contributed by atoms with Gasteiger partial charge < -0.3 is 0 Å². The molecule has 0 unspecified atom stereocenters. The number of rotatable bonds is 8. The Hall–Kier alpha value is -4.06. The second-order valence-electron chi connectivity index (χ2n) is 8.49. The van der Waals surface area contributed by atoms with Gasteiger partial charge in [0, 0.05) is 22.3 Å². The van der Waals surface area contributed by atoms with E-state index in [9.17, 15) is 0 Å². The molecule has 5 aromatic rings. The fourth-order valence-electron chi connectivity index (χ4n) is 4.07. The molecule has 0 spiro atoms. The number of aromatic amines is 2. The van der Waals surface area contributed by atoms with Gasteiger partial charge in [-0.3, -0.25) is 10.2 Å². The number of aromatic nitrogens is 6. The van der Waals surface area contributed by atoms with Gasteiger partial charge in [-0.05, 0) is 30.0 Å². The van der Waals surface area contributed by atoms with E-state index in [0.717, 1.165) is 59.6 Å². The molecule has 0 aliphatic carbocycles. The van der Waals surface area contributed by atoms with E-state index >= 15 is 0 Å². The highest BCUT2D eigenvalue weighted by Crippen LogP contribution is 2.26. The normalized spacial score (nSPS) is 10.7. The van der Waals surface area contributed by atoms with Crippen LogP contribution in [0.3, 0.4) is 0 Å². The lowest BCUT2D eigenvalue weighted by Crippen LogP contribution is -1.86. The highest BCUT2D eigenvalue weighted by Gasteiger charge is 2.12. The summed E-state index contributed by atoms with van der Waals surface area (Å²) in [6.07, 6.45) is 4.45. The highest BCUT2D eigenvalue weighted by molar-refractivity contribution is 5.69. The van der Waals surface area contributed by atoms with Crippen LogP contribution in [0.15, 0.2) is 72.8 Å². The van der Waals surface area contributed by atoms with Crippen molar-refractivity contribution in [2.75, 3.05) is 0 Å². The van der Waals surface area contributed by atoms with Gasteiger partial charge >= 0.3 is 0 Å². The van der Waals surface area contributed by atoms with Crippen molar-refractivity contribution in [3.8, 4) is 45.6 Å². The summed E-state index contributed by atoms with van der Waals surface area (Å²) >= 11 is 0. The molecule has 3 aromatic carbocycles. The van der Waals surface area contributed by atoms with Gasteiger partial charge in [0.1, 0.15) is 0 Å². The zero-order valence-electron chi connectivity index (χ0n) is 21.5. The number of nitrogens with one attached hydrogen (secondary N) is 2. The predicted molar refractivity (Wildman–Crippen MR) is 147 cm³/mol. The Labute approximate surface area is 213 Å². The van der Waals surface area contributed by atoms with E-state index in [0.29, 0.717) is 11.6 Å². The number of hydrogen-bond acceptors (Lipinski definition) is 4. The second kappa shape index (κ2) is 12.1. The van der Waals surface area contributed by atoms with Crippen LogP contribution in [0.4, 0.5) is 0 Å². The third-order valence-electron chi connectivity index (χ3n) is 5.88. The van der Waals surface area contributed by atoms with Gasteiger partial charge in [0.25, 0.3) is 0 Å². The summed E-state index contributed by atoms with van der Waals surface area (Å²) < 4.78 is 0. The van der Waals surface area contributed by atoms with E-state index < -0.39 is 0 Å². The Morgan fingerprint density at radius 1 is 0.556 bits per heavy atom. The number of aryl methyl sites for hydroxylation is 2. The minimum atomic E-state index is 0.650. The van der Waals surface area contributed by atoms with E-state index in [1.54, 1.807) is 0 Å². The first-order valence-corrected chi connectivity index (χ1v) is 12.9. The predicted octanol–water partition coefficient (Wildman–Crippen LogP) is 7.52. The minimum absolute atomic E-state index is 0.650. The molecule has 2 N–H and O–H groups in total. The second-order valence-corrected chi connectivity index (χ2v) is 8.49. The van der Waals surface area contributed by atoms with Crippen molar-refractivity contribution < 1.29 is 0 Å². The maximum Gasteiger partial charge on any atom is 0.181 e. The van der Waals surface area contributed by atoms with Gasteiger partial charge in [-0.15, -0.1) is 0 Å². The summed E-state index contributed by atoms with van der Waals surface area (Å²) in [5.41, 5.74) is 6.55. The van der Waals surface area contributed by atoms with Gasteiger partial charge in [0.05, 0.1) is 0 Å². The van der Waals surface area contributed by atoms with Gasteiger partial charge in [0.15, 0.2) is 23.3 Å². The molecule has 0 amide bonds. The fraction of sp³-hybridized carbons (Fsp3) is 0.267. The lowest BCUT2D eigenvalue weighted by atomic mass is 10.1. The minimum Gasteiger partial charge on any atom is -0.259 e. The third kappa shape index (κ3) is 5.77. The summed E-state index contributed by atoms with van der Waals surface area (Å²) in [5.74, 6) is 2.82. The number of H-pyrrole nitrogens is 2. The van der Waals surface area contributed by atoms with Crippen molar-refractivity contribution in [1.82, 2.24) is 30.4 Å². The summed E-state index contributed by atoms with van der Waals surface area (Å²) in [6.45, 7) is 8.38. The monoisotopic (exact) mass is 478 g/mol. The molecule has 184 valence electrons. The molecule has 0 saturated carbocycles. The quantitative estimate of drug-likeness (QED) is 0.241. The lowest BCUT2D eigenvalue weighted by Gasteiger charge is -2.01. The van der Waals surface area contributed by atoms with Crippen LogP contribution >= 0.6 is 0 Å². The van der Waals surface area contributed by atoms with E-state index in [4.69, 9.17) is 9.97 Å². The number of benzene rings is 3. The van der Waals surface area contributed by atoms with Gasteiger partial charge in [-0.2, -0.15) is 10.2 Å². The number of nitrogens with zero attached hydrogens (tertiary/aromatic N) is 4. The maximum absolute atomic E-state index is 4.72. The van der Waals surface area contributed by atoms with E-state index in [2.05, 4.69) is 82.8 Å². The van der Waals surface area contributed by atoms with Crippen LogP contribution in [0.2, 0.25) is 0 Å². The summed E-state index contributed by atoms with van der Waals surface area (Å²) in [5, 5.41) is 15.0. The molecule has 0 radical (unpaired) electrons. The van der Waals surface area contributed by atoms with E-state index in [1.165, 1.54) is 11.1 Å². The van der Waals surface area contributed by atoms with E-state index in [1.807, 2.05) is 38.1 Å². The molecule has 6 heteroatoms. The first-order valence-electron chi connectivity index (χ1n) is 12.9. The van der Waals surface area contributed by atoms with E-state index in [-0.39, 0.29) is 0 Å². The molecule has 36 heavy (non-hydrogen) atoms. The molecule has 0 atom stereocenters. The Morgan fingerprint density at radius 3 is 1.36 bits per heavy atom. The molecule has 0 aliphatic heterocycles. The average Bonchev–Trinajstić information content (AvgIpc) is 3.62. The molecular formula is C30H34N6. The van der Waals surface area contributed by atoms with Gasteiger partial charge in [0.2, 0.25) is 0 Å². The molecule has 0 fully saturated rings. The molecule has 0 aliphatic rings. The molecule has 6 nitrogen and oxygen atoms in total. The number of hydrogen-bond donors (Lipinski definition) is 2. The van der Waals surface area contributed by atoms with Gasteiger partial charge in [-0.25, -0.2) is 9.97 Å². The highest BCUT2D eigenvalue weighted by atomic mass is 15.2. The van der Waals surface area contributed by atoms with Crippen LogP contribution in [0.1, 0.15) is 51.7 Å². The Bertz CT molecular complexity index is 1260. The zero-order chi connectivity index (χ0) is 25.3. The third-order valence-corrected chi connectivity index (χ3v) is 5.88. The van der Waals surface area contributed by atoms with Crippen molar-refractivity contribution in [3.63, 3.8) is 0 Å². The van der Waals surface area contributed by atoms with Crippen molar-refractivity contribution in [2.24, 2.45) is 0 Å². The van der Waals surface area contributed by atoms with Crippen molar-refractivity contribution in [3.05, 3.63) is 83.9 Å². The average molecular weight is 479 g/mol. The van der Waals surface area contributed by atoms with Crippen LogP contribution in [0.5, 0.6) is 0 Å². The molecule has 2 heterocycles. The summed E-state index contributed by atoms with van der Waals surface area (Å²) in [6, 6.07) is 25.0. The summed E-state index contributed by atoms with van der Waals surface area (Å²) in [7, 11) is 0. The topological polar surface area (TPSA) is 83.1 Å². The van der Waals surface area contributed by atoms with Crippen LogP contribution in [0.25, 0.3) is 45.6 Å². The Balaban J connectivity index is 0.00000148. The Morgan fingerprint density at radius 2 is 0.972 bits per heavy atom. The first-order chi connectivity index (χ1) is 17.7. The zero-order valence-corrected chi connectivity index (χ0v) is 21.5. The van der Waals surface area contributed by atoms with Crippen molar-refractivity contribution in [2.45, 2.75) is 53.4 Å². The molecular weight excluding hydrogens is 444 g/mol. The van der Waals surface area contributed by atoms with Crippen molar-refractivity contribution in [1.29, 1.82) is 0 Å². The van der Waals surface area contributed by atoms with Crippen LogP contribution in [0, 0.1) is 0 Å². The van der Waals surface area contributed by atoms with Gasteiger partial charge in [-0.1, -0.05) is 107 Å². The standard InChI is InChI=1S/C28H28N6.C2H6/c1-3-6-19-10-14-21(15-11-19)25-29-27(33-31-25)23-8-5-9-24(18-23)28-30-26(32-34-28)22-16-12-20(7-4-2)13-17-22;1-2/h5,8-18H,3-4,6-7H2,1-2H3,(H,29,31,33)(H,30,32,34);1-2H3.